The molecular weight excluding hydrogens is 234 g/mol. The fourth-order valence-corrected chi connectivity index (χ4v) is 1.46. The van der Waals surface area contributed by atoms with Gasteiger partial charge in [0.05, 0.1) is 18.8 Å². The lowest BCUT2D eigenvalue weighted by atomic mass is 10.3. The Hall–Kier alpha value is -2.24. The molecule has 0 bridgehead atoms. The van der Waals surface area contributed by atoms with E-state index in [9.17, 15) is 4.79 Å². The van der Waals surface area contributed by atoms with Gasteiger partial charge >= 0.3 is 5.97 Å². The lowest BCUT2D eigenvalue weighted by Crippen LogP contribution is -2.41. The number of hydrazine groups is 1. The highest BCUT2D eigenvalue weighted by Gasteiger charge is 2.20. The predicted molar refractivity (Wildman–Crippen MR) is 67.6 cm³/mol. The van der Waals surface area contributed by atoms with Crippen LogP contribution in [0.5, 0.6) is 5.75 Å². The van der Waals surface area contributed by atoms with Gasteiger partial charge in [-0.2, -0.15) is 0 Å². The van der Waals surface area contributed by atoms with Crippen LogP contribution >= 0.6 is 0 Å². The average molecular weight is 249 g/mol. The number of benzene rings is 1. The maximum absolute atomic E-state index is 11.4. The molecule has 1 aromatic rings. The van der Waals surface area contributed by atoms with Crippen molar-refractivity contribution in [3.05, 3.63) is 24.3 Å². The Morgan fingerprint density at radius 3 is 2.72 bits per heavy atom. The van der Waals surface area contributed by atoms with Gasteiger partial charge in [0.2, 0.25) is 5.84 Å². The Morgan fingerprint density at radius 1 is 1.33 bits per heavy atom. The molecule has 6 nitrogen and oxygen atoms in total. The maximum Gasteiger partial charge on any atom is 0.375 e. The second-order valence-electron chi connectivity index (χ2n) is 3.90. The smallest absolute Gasteiger partial charge is 0.375 e. The van der Waals surface area contributed by atoms with Crippen molar-refractivity contribution in [2.24, 2.45) is 4.99 Å². The molecule has 0 radical (unpaired) electrons. The summed E-state index contributed by atoms with van der Waals surface area (Å²) in [5, 5.41) is 0. The van der Waals surface area contributed by atoms with Gasteiger partial charge in [0.25, 0.3) is 0 Å². The summed E-state index contributed by atoms with van der Waals surface area (Å²) in [5.74, 6) is 0.502. The van der Waals surface area contributed by atoms with Crippen LogP contribution in [0, 0.1) is 0 Å². The number of amidine groups is 1. The number of nitrogens with one attached hydrogen (secondary N) is 2. The van der Waals surface area contributed by atoms with Gasteiger partial charge < -0.3 is 9.47 Å². The average Bonchev–Trinajstić information content (AvgIpc) is 2.40. The molecular formula is C12H15N3O3. The van der Waals surface area contributed by atoms with Gasteiger partial charge in [0, 0.05) is 0 Å². The number of aliphatic imine (C=N–C) groups is 1. The lowest BCUT2D eigenvalue weighted by Gasteiger charge is -2.18. The van der Waals surface area contributed by atoms with Crippen molar-refractivity contribution in [1.82, 2.24) is 5.43 Å². The Labute approximate surface area is 105 Å². The number of carbonyl (C=O) groups is 1. The molecule has 0 aliphatic carbocycles. The number of nitrogens with zero attached hydrogens (tertiary/aromatic N) is 1. The van der Waals surface area contributed by atoms with Crippen LogP contribution in [0.25, 0.3) is 0 Å². The summed E-state index contributed by atoms with van der Waals surface area (Å²) in [7, 11) is 1.61. The van der Waals surface area contributed by atoms with Crippen molar-refractivity contribution in [2.75, 3.05) is 19.1 Å². The van der Waals surface area contributed by atoms with Crippen LogP contribution in [-0.4, -0.2) is 31.6 Å². The van der Waals surface area contributed by atoms with Crippen LogP contribution in [0.3, 0.4) is 0 Å². The number of hydrogen-bond donors (Lipinski definition) is 2. The largest absolute Gasteiger partial charge is 0.497 e. The second-order valence-corrected chi connectivity index (χ2v) is 3.90. The van der Waals surface area contributed by atoms with Gasteiger partial charge in [0.15, 0.2) is 0 Å². The number of anilines is 1. The van der Waals surface area contributed by atoms with E-state index in [-0.39, 0.29) is 11.9 Å². The molecule has 0 aromatic heterocycles. The number of methoxy groups -OCH3 is 1. The van der Waals surface area contributed by atoms with E-state index in [4.69, 9.17) is 9.47 Å². The summed E-state index contributed by atoms with van der Waals surface area (Å²) in [6.45, 7) is 2.20. The van der Waals surface area contributed by atoms with E-state index in [1.54, 1.807) is 7.11 Å². The van der Waals surface area contributed by atoms with Crippen LogP contribution < -0.4 is 15.6 Å². The number of esters is 1. The molecule has 2 N–H and O–H groups in total. The molecule has 1 aliphatic heterocycles. The molecule has 0 saturated carbocycles. The summed E-state index contributed by atoms with van der Waals surface area (Å²) in [5.41, 5.74) is 6.42. The minimum Gasteiger partial charge on any atom is -0.497 e. The molecule has 18 heavy (non-hydrogen) atoms. The van der Waals surface area contributed by atoms with E-state index < -0.39 is 5.97 Å². The van der Waals surface area contributed by atoms with Gasteiger partial charge in [-0.05, 0) is 31.2 Å². The standard InChI is InChI=1S/C12H15N3O3/c1-8-7-18-12(16)11(13-8)15-14-9-3-5-10(17-2)6-4-9/h3-6,8,14H,7H2,1-2H3,(H,13,15). The third-order valence-electron chi connectivity index (χ3n) is 2.41. The number of cyclic esters (lactones) is 1. The lowest BCUT2D eigenvalue weighted by molar-refractivity contribution is -0.137. The number of rotatable bonds is 3. The highest BCUT2D eigenvalue weighted by Crippen LogP contribution is 2.14. The summed E-state index contributed by atoms with van der Waals surface area (Å²) in [4.78, 5) is 15.5. The Kier molecular flexibility index (Phi) is 3.66. The summed E-state index contributed by atoms with van der Waals surface area (Å²) < 4.78 is 9.98. The van der Waals surface area contributed by atoms with Crippen molar-refractivity contribution in [3.63, 3.8) is 0 Å². The van der Waals surface area contributed by atoms with Gasteiger partial charge in [-0.25, -0.2) is 4.79 Å². The van der Waals surface area contributed by atoms with Crippen molar-refractivity contribution < 1.29 is 14.3 Å². The fourth-order valence-electron chi connectivity index (χ4n) is 1.46. The van der Waals surface area contributed by atoms with Crippen molar-refractivity contribution in [2.45, 2.75) is 13.0 Å². The van der Waals surface area contributed by atoms with E-state index in [2.05, 4.69) is 15.8 Å². The molecule has 1 atom stereocenters. The molecule has 1 aromatic carbocycles. The van der Waals surface area contributed by atoms with Crippen molar-refractivity contribution >= 4 is 17.5 Å². The summed E-state index contributed by atoms with van der Waals surface area (Å²) in [6, 6.07) is 7.25. The zero-order valence-electron chi connectivity index (χ0n) is 10.3. The number of carbonyl (C=O) groups excluding carboxylic acids is 1. The first kappa shape index (κ1) is 12.2. The SMILES string of the molecule is COc1ccc(NNC2=NC(C)COC2=O)cc1. The van der Waals surface area contributed by atoms with Gasteiger partial charge in [0.1, 0.15) is 12.4 Å². The quantitative estimate of drug-likeness (QED) is 0.616. The Morgan fingerprint density at radius 2 is 2.06 bits per heavy atom. The normalized spacial score (nSPS) is 18.7. The molecule has 96 valence electrons. The molecule has 1 heterocycles. The van der Waals surface area contributed by atoms with E-state index in [1.807, 2.05) is 31.2 Å². The first-order valence-electron chi connectivity index (χ1n) is 5.60. The third kappa shape index (κ3) is 2.91. The van der Waals surface area contributed by atoms with Crippen LogP contribution in [0.2, 0.25) is 0 Å². The van der Waals surface area contributed by atoms with Crippen LogP contribution in [0.4, 0.5) is 5.69 Å². The second kappa shape index (κ2) is 5.39. The summed E-state index contributed by atoms with van der Waals surface area (Å²) in [6.07, 6.45) is 0. The van der Waals surface area contributed by atoms with Crippen LogP contribution in [-0.2, 0) is 9.53 Å². The van der Waals surface area contributed by atoms with E-state index in [0.717, 1.165) is 11.4 Å². The van der Waals surface area contributed by atoms with Crippen molar-refractivity contribution in [1.29, 1.82) is 0 Å². The Balaban J connectivity index is 1.96. The van der Waals surface area contributed by atoms with E-state index in [0.29, 0.717) is 6.61 Å². The van der Waals surface area contributed by atoms with Crippen LogP contribution in [0.15, 0.2) is 29.3 Å². The molecule has 6 heteroatoms. The first-order valence-corrected chi connectivity index (χ1v) is 5.60. The molecule has 0 amide bonds. The molecule has 2 rings (SSSR count). The molecule has 0 fully saturated rings. The minimum atomic E-state index is -0.450. The number of hydrogen-bond acceptors (Lipinski definition) is 6. The number of ether oxygens (including phenoxy) is 2. The first-order chi connectivity index (χ1) is 8.69. The topological polar surface area (TPSA) is 71.9 Å². The molecule has 1 unspecified atom stereocenters. The van der Waals surface area contributed by atoms with Gasteiger partial charge in [-0.15, -0.1) is 0 Å². The zero-order valence-corrected chi connectivity index (χ0v) is 10.3. The highest BCUT2D eigenvalue weighted by atomic mass is 16.5. The van der Waals surface area contributed by atoms with Crippen molar-refractivity contribution in [3.8, 4) is 5.75 Å². The Bertz CT molecular complexity index is 456. The third-order valence-corrected chi connectivity index (χ3v) is 2.41. The van der Waals surface area contributed by atoms with E-state index in [1.165, 1.54) is 0 Å². The monoisotopic (exact) mass is 249 g/mol. The molecule has 1 aliphatic rings. The predicted octanol–water partition coefficient (Wildman–Crippen LogP) is 0.955. The molecule has 0 spiro atoms. The fraction of sp³-hybridized carbons (Fsp3) is 0.333. The van der Waals surface area contributed by atoms with Gasteiger partial charge in [-0.1, -0.05) is 0 Å². The summed E-state index contributed by atoms with van der Waals surface area (Å²) >= 11 is 0. The molecule has 0 saturated heterocycles. The van der Waals surface area contributed by atoms with Gasteiger partial charge in [-0.3, -0.25) is 15.8 Å². The highest BCUT2D eigenvalue weighted by molar-refractivity contribution is 6.35. The van der Waals surface area contributed by atoms with E-state index >= 15 is 0 Å². The zero-order chi connectivity index (χ0) is 13.0. The minimum absolute atomic E-state index is 0.0251. The van der Waals surface area contributed by atoms with Crippen LogP contribution in [0.1, 0.15) is 6.92 Å². The maximum atomic E-state index is 11.4.